The third-order valence-corrected chi connectivity index (χ3v) is 4.76. The van der Waals surface area contributed by atoms with Crippen molar-refractivity contribution in [2.75, 3.05) is 0 Å². The highest BCUT2D eigenvalue weighted by Crippen LogP contribution is 2.19. The van der Waals surface area contributed by atoms with Gasteiger partial charge in [-0.15, -0.1) is 0 Å². The number of rotatable bonds is 5. The molecule has 1 amide bonds. The fourth-order valence-corrected chi connectivity index (χ4v) is 3.09. The molecule has 29 heavy (non-hydrogen) atoms. The Kier molecular flexibility index (Phi) is 5.55. The average Bonchev–Trinajstić information content (AvgIpc) is 3.18. The fourth-order valence-electron chi connectivity index (χ4n) is 2.76. The quantitative estimate of drug-likeness (QED) is 0.290. The predicted molar refractivity (Wildman–Crippen MR) is 115 cm³/mol. The number of hydrazone groups is 1. The number of para-hydroxylation sites is 1. The number of fused-ring (bicyclic) bond motifs is 1. The molecule has 2 heterocycles. The normalized spacial score (nSPS) is 11.2. The van der Waals surface area contributed by atoms with Gasteiger partial charge >= 0.3 is 0 Å². The van der Waals surface area contributed by atoms with Gasteiger partial charge in [0.15, 0.2) is 5.69 Å². The molecule has 0 fully saturated rings. The van der Waals surface area contributed by atoms with Crippen molar-refractivity contribution in [3.05, 3.63) is 93.9 Å². The van der Waals surface area contributed by atoms with Gasteiger partial charge in [-0.1, -0.05) is 53.5 Å². The van der Waals surface area contributed by atoms with E-state index in [2.05, 4.69) is 20.6 Å². The highest BCUT2D eigenvalue weighted by molar-refractivity contribution is 6.32. The van der Waals surface area contributed by atoms with E-state index in [0.717, 1.165) is 16.5 Å². The average molecular weight is 424 g/mol. The molecule has 0 atom stereocenters. The zero-order valence-electron chi connectivity index (χ0n) is 15.1. The molecule has 8 heteroatoms. The standard InChI is InChI=1S/C21H15Cl2N5O/c22-17-7-5-14(6-8-17)13-28-10-9-19(27-28)21(29)26-24-12-16-11-15-3-1-2-4-18(15)25-20(16)23/h1-12H,13H2,(H,26,29)/b24-12+. The van der Waals surface area contributed by atoms with Crippen LogP contribution in [0.1, 0.15) is 21.6 Å². The molecular formula is C21H15Cl2N5O. The van der Waals surface area contributed by atoms with E-state index < -0.39 is 5.91 Å². The Balaban J connectivity index is 1.41. The first-order chi connectivity index (χ1) is 14.1. The van der Waals surface area contributed by atoms with Gasteiger partial charge < -0.3 is 0 Å². The summed E-state index contributed by atoms with van der Waals surface area (Å²) in [4.78, 5) is 16.6. The molecule has 2 aromatic carbocycles. The molecule has 4 rings (SSSR count). The van der Waals surface area contributed by atoms with Gasteiger partial charge in [-0.2, -0.15) is 10.2 Å². The van der Waals surface area contributed by atoms with Crippen molar-refractivity contribution in [2.24, 2.45) is 5.10 Å². The number of nitrogens with one attached hydrogen (secondary N) is 1. The smallest absolute Gasteiger partial charge is 0.268 e. The van der Waals surface area contributed by atoms with Crippen molar-refractivity contribution in [1.82, 2.24) is 20.2 Å². The highest BCUT2D eigenvalue weighted by Gasteiger charge is 2.09. The number of hydrogen-bond acceptors (Lipinski definition) is 4. The van der Waals surface area contributed by atoms with Crippen LogP contribution in [0.25, 0.3) is 10.9 Å². The van der Waals surface area contributed by atoms with Crippen LogP contribution in [-0.4, -0.2) is 26.9 Å². The third kappa shape index (κ3) is 4.62. The molecule has 6 nitrogen and oxygen atoms in total. The zero-order chi connectivity index (χ0) is 20.2. The van der Waals surface area contributed by atoms with Gasteiger partial charge in [0, 0.05) is 22.2 Å². The van der Waals surface area contributed by atoms with Gasteiger partial charge in [0.25, 0.3) is 5.91 Å². The summed E-state index contributed by atoms with van der Waals surface area (Å²) >= 11 is 12.1. The summed E-state index contributed by atoms with van der Waals surface area (Å²) in [5, 5.41) is 10.2. The molecule has 0 saturated carbocycles. The van der Waals surface area contributed by atoms with E-state index in [9.17, 15) is 4.79 Å². The second kappa shape index (κ2) is 8.43. The number of amides is 1. The first-order valence-corrected chi connectivity index (χ1v) is 9.51. The van der Waals surface area contributed by atoms with E-state index in [1.54, 1.807) is 16.9 Å². The Labute approximate surface area is 176 Å². The first-order valence-electron chi connectivity index (χ1n) is 8.75. The van der Waals surface area contributed by atoms with Crippen LogP contribution >= 0.6 is 23.2 Å². The maximum Gasteiger partial charge on any atom is 0.291 e. The summed E-state index contributed by atoms with van der Waals surface area (Å²) in [5.41, 5.74) is 5.16. The summed E-state index contributed by atoms with van der Waals surface area (Å²) in [6.07, 6.45) is 3.20. The number of carbonyl (C=O) groups is 1. The molecule has 0 aliphatic heterocycles. The summed E-state index contributed by atoms with van der Waals surface area (Å²) in [5.74, 6) is -0.416. The third-order valence-electron chi connectivity index (χ3n) is 4.21. The van der Waals surface area contributed by atoms with E-state index in [0.29, 0.717) is 22.3 Å². The Morgan fingerprint density at radius 2 is 1.90 bits per heavy atom. The predicted octanol–water partition coefficient (Wildman–Crippen LogP) is 4.55. The first kappa shape index (κ1) is 19.1. The van der Waals surface area contributed by atoms with E-state index in [4.69, 9.17) is 23.2 Å². The lowest BCUT2D eigenvalue weighted by atomic mass is 10.2. The highest BCUT2D eigenvalue weighted by atomic mass is 35.5. The van der Waals surface area contributed by atoms with Gasteiger partial charge in [-0.05, 0) is 35.9 Å². The second-order valence-electron chi connectivity index (χ2n) is 6.29. The van der Waals surface area contributed by atoms with Crippen LogP contribution in [0.15, 0.2) is 72.0 Å². The van der Waals surface area contributed by atoms with Crippen molar-refractivity contribution < 1.29 is 4.79 Å². The number of carbonyl (C=O) groups excluding carboxylic acids is 1. The molecule has 0 unspecified atom stereocenters. The van der Waals surface area contributed by atoms with Gasteiger partial charge in [0.2, 0.25) is 0 Å². The van der Waals surface area contributed by atoms with E-state index in [1.165, 1.54) is 6.21 Å². The topological polar surface area (TPSA) is 72.2 Å². The van der Waals surface area contributed by atoms with Gasteiger partial charge in [0.1, 0.15) is 5.15 Å². The van der Waals surface area contributed by atoms with Crippen LogP contribution in [0, 0.1) is 0 Å². The Bertz CT molecular complexity index is 1200. The lowest BCUT2D eigenvalue weighted by molar-refractivity contribution is 0.0949. The lowest BCUT2D eigenvalue weighted by Gasteiger charge is -2.02. The van der Waals surface area contributed by atoms with Crippen LogP contribution < -0.4 is 5.43 Å². The maximum absolute atomic E-state index is 12.3. The lowest BCUT2D eigenvalue weighted by Crippen LogP contribution is -2.18. The molecule has 0 radical (unpaired) electrons. The summed E-state index contributed by atoms with van der Waals surface area (Å²) in [6.45, 7) is 0.534. The monoisotopic (exact) mass is 423 g/mol. The fraction of sp³-hybridized carbons (Fsp3) is 0.0476. The van der Waals surface area contributed by atoms with Crippen LogP contribution in [0.2, 0.25) is 10.2 Å². The molecule has 0 spiro atoms. The summed E-state index contributed by atoms with van der Waals surface area (Å²) in [7, 11) is 0. The maximum atomic E-state index is 12.3. The molecule has 144 valence electrons. The van der Waals surface area contributed by atoms with Crippen LogP contribution in [0.4, 0.5) is 0 Å². The van der Waals surface area contributed by atoms with E-state index >= 15 is 0 Å². The van der Waals surface area contributed by atoms with Crippen molar-refractivity contribution in [1.29, 1.82) is 0 Å². The minimum absolute atomic E-state index is 0.263. The van der Waals surface area contributed by atoms with Crippen LogP contribution in [-0.2, 0) is 6.54 Å². The van der Waals surface area contributed by atoms with E-state index in [1.807, 2.05) is 54.6 Å². The SMILES string of the molecule is O=C(N/N=C/c1cc2ccccc2nc1Cl)c1ccn(Cc2ccc(Cl)cc2)n1. The van der Waals surface area contributed by atoms with Crippen molar-refractivity contribution in [3.8, 4) is 0 Å². The number of benzene rings is 2. The van der Waals surface area contributed by atoms with E-state index in [-0.39, 0.29) is 5.69 Å². The molecule has 0 bridgehead atoms. The minimum Gasteiger partial charge on any atom is -0.268 e. The minimum atomic E-state index is -0.416. The van der Waals surface area contributed by atoms with Crippen molar-refractivity contribution >= 4 is 46.2 Å². The molecular weight excluding hydrogens is 409 g/mol. The molecule has 0 saturated heterocycles. The van der Waals surface area contributed by atoms with Crippen molar-refractivity contribution in [3.63, 3.8) is 0 Å². The summed E-state index contributed by atoms with van der Waals surface area (Å²) in [6, 6.07) is 18.6. The Morgan fingerprint density at radius 1 is 1.10 bits per heavy atom. The van der Waals surface area contributed by atoms with Gasteiger partial charge in [0.05, 0.1) is 18.3 Å². The zero-order valence-corrected chi connectivity index (χ0v) is 16.6. The Morgan fingerprint density at radius 3 is 2.72 bits per heavy atom. The number of hydrogen-bond donors (Lipinski definition) is 1. The summed E-state index contributed by atoms with van der Waals surface area (Å²) < 4.78 is 1.67. The number of aromatic nitrogens is 3. The molecule has 4 aromatic rings. The number of halogens is 2. The molecule has 2 aromatic heterocycles. The van der Waals surface area contributed by atoms with Crippen molar-refractivity contribution in [2.45, 2.75) is 6.54 Å². The number of pyridine rings is 1. The van der Waals surface area contributed by atoms with Gasteiger partial charge in [-0.25, -0.2) is 10.4 Å². The Hall–Kier alpha value is -3.22. The van der Waals surface area contributed by atoms with Crippen LogP contribution in [0.3, 0.4) is 0 Å². The number of nitrogens with zero attached hydrogens (tertiary/aromatic N) is 4. The second-order valence-corrected chi connectivity index (χ2v) is 7.08. The van der Waals surface area contributed by atoms with Gasteiger partial charge in [-0.3, -0.25) is 9.48 Å². The molecule has 0 aliphatic rings. The largest absolute Gasteiger partial charge is 0.291 e. The molecule has 1 N–H and O–H groups in total. The van der Waals surface area contributed by atoms with Crippen LogP contribution in [0.5, 0.6) is 0 Å². The molecule has 0 aliphatic carbocycles.